The summed E-state index contributed by atoms with van der Waals surface area (Å²) in [6.07, 6.45) is 2.01. The molecule has 1 fully saturated rings. The van der Waals surface area contributed by atoms with E-state index < -0.39 is 9.84 Å². The molecule has 0 atom stereocenters. The summed E-state index contributed by atoms with van der Waals surface area (Å²) in [5.74, 6) is 0.253. The minimum Gasteiger partial charge on any atom is -0.399 e. The van der Waals surface area contributed by atoms with Gasteiger partial charge < -0.3 is 11.1 Å². The molecule has 1 aromatic carbocycles. The van der Waals surface area contributed by atoms with Gasteiger partial charge in [-0.05, 0) is 31.0 Å². The highest BCUT2D eigenvalue weighted by Crippen LogP contribution is 2.49. The van der Waals surface area contributed by atoms with Gasteiger partial charge in [-0.25, -0.2) is 8.42 Å². The van der Waals surface area contributed by atoms with Crippen LogP contribution in [-0.4, -0.2) is 20.7 Å². The average molecular weight is 238 g/mol. The lowest BCUT2D eigenvalue weighted by Gasteiger charge is -2.09. The van der Waals surface area contributed by atoms with Crippen LogP contribution in [0, 0.1) is 5.41 Å². The molecule has 16 heavy (non-hydrogen) atoms. The lowest BCUT2D eigenvalue weighted by Crippen LogP contribution is -2.20. The van der Waals surface area contributed by atoms with Crippen LogP contribution in [0.4, 0.5) is 11.4 Å². The minimum atomic E-state index is -3.19. The number of sulfone groups is 1. The first-order valence-corrected chi connectivity index (χ1v) is 7.02. The van der Waals surface area contributed by atoms with Gasteiger partial charge in [0.15, 0.2) is 9.84 Å². The highest BCUT2D eigenvalue weighted by molar-refractivity contribution is 7.91. The van der Waals surface area contributed by atoms with Crippen LogP contribution in [0.2, 0.25) is 0 Å². The quantitative estimate of drug-likeness (QED) is 0.667. The second kappa shape index (κ2) is 2.91. The van der Waals surface area contributed by atoms with E-state index in [1.54, 1.807) is 18.2 Å². The molecular formula is C11H14N2O2S. The fourth-order valence-corrected chi connectivity index (χ4v) is 4.40. The first kappa shape index (κ1) is 9.96. The zero-order chi connectivity index (χ0) is 11.4. The number of nitrogens with two attached hydrogens (primary N) is 1. The van der Waals surface area contributed by atoms with Crippen molar-refractivity contribution in [1.29, 1.82) is 0 Å². The topological polar surface area (TPSA) is 72.2 Å². The van der Waals surface area contributed by atoms with E-state index in [4.69, 9.17) is 5.73 Å². The predicted molar refractivity (Wildman–Crippen MR) is 63.1 cm³/mol. The Hall–Kier alpha value is -1.23. The van der Waals surface area contributed by atoms with Crippen LogP contribution in [0.15, 0.2) is 23.1 Å². The summed E-state index contributed by atoms with van der Waals surface area (Å²) < 4.78 is 24.4. The standard InChI is InChI=1S/C11H14N2O2S/c12-8-1-2-9-10(5-8)16(14,15)7-11(3-4-11)6-13-9/h1-2,5,13H,3-4,6-7,12H2. The molecule has 0 amide bonds. The van der Waals surface area contributed by atoms with Gasteiger partial charge in [-0.15, -0.1) is 0 Å². The van der Waals surface area contributed by atoms with Crippen LogP contribution in [0.5, 0.6) is 0 Å². The number of hydrogen-bond donors (Lipinski definition) is 2. The monoisotopic (exact) mass is 238 g/mol. The third kappa shape index (κ3) is 1.46. The van der Waals surface area contributed by atoms with E-state index in [-0.39, 0.29) is 11.2 Å². The Morgan fingerprint density at radius 3 is 2.75 bits per heavy atom. The Labute approximate surface area is 94.8 Å². The number of fused-ring (bicyclic) bond motifs is 1. The van der Waals surface area contributed by atoms with Gasteiger partial charge in [0, 0.05) is 17.6 Å². The van der Waals surface area contributed by atoms with Gasteiger partial charge in [-0.1, -0.05) is 0 Å². The Morgan fingerprint density at radius 1 is 1.31 bits per heavy atom. The smallest absolute Gasteiger partial charge is 0.181 e. The zero-order valence-electron chi connectivity index (χ0n) is 8.86. The highest BCUT2D eigenvalue weighted by atomic mass is 32.2. The largest absolute Gasteiger partial charge is 0.399 e. The third-order valence-corrected chi connectivity index (χ3v) is 5.45. The molecule has 3 N–H and O–H groups in total. The maximum Gasteiger partial charge on any atom is 0.181 e. The fraction of sp³-hybridized carbons (Fsp3) is 0.455. The lowest BCUT2D eigenvalue weighted by molar-refractivity contribution is 0.562. The van der Waals surface area contributed by atoms with Crippen molar-refractivity contribution in [2.45, 2.75) is 17.7 Å². The summed E-state index contributed by atoms with van der Waals surface area (Å²) in [5.41, 5.74) is 6.81. The van der Waals surface area contributed by atoms with Crippen molar-refractivity contribution in [1.82, 2.24) is 0 Å². The van der Waals surface area contributed by atoms with Crippen molar-refractivity contribution in [2.75, 3.05) is 23.3 Å². The summed E-state index contributed by atoms with van der Waals surface area (Å²) in [5, 5.41) is 3.23. The molecule has 2 aliphatic rings. The molecule has 0 radical (unpaired) electrons. The molecule has 4 nitrogen and oxygen atoms in total. The van der Waals surface area contributed by atoms with Gasteiger partial charge in [0.05, 0.1) is 16.3 Å². The van der Waals surface area contributed by atoms with Gasteiger partial charge in [-0.2, -0.15) is 0 Å². The van der Waals surface area contributed by atoms with E-state index in [0.29, 0.717) is 16.3 Å². The van der Waals surface area contributed by atoms with Crippen molar-refractivity contribution in [3.63, 3.8) is 0 Å². The summed E-state index contributed by atoms with van der Waals surface area (Å²) in [7, 11) is -3.19. The number of rotatable bonds is 0. The van der Waals surface area contributed by atoms with Crippen LogP contribution in [-0.2, 0) is 9.84 Å². The molecule has 5 heteroatoms. The van der Waals surface area contributed by atoms with Crippen molar-refractivity contribution in [3.8, 4) is 0 Å². The molecule has 0 saturated heterocycles. The van der Waals surface area contributed by atoms with E-state index in [9.17, 15) is 8.42 Å². The Morgan fingerprint density at radius 2 is 2.06 bits per heavy atom. The van der Waals surface area contributed by atoms with Crippen LogP contribution in [0.25, 0.3) is 0 Å². The van der Waals surface area contributed by atoms with E-state index in [0.717, 1.165) is 19.4 Å². The van der Waals surface area contributed by atoms with Crippen molar-refractivity contribution in [3.05, 3.63) is 18.2 Å². The second-order valence-electron chi connectivity index (χ2n) is 4.87. The van der Waals surface area contributed by atoms with Gasteiger partial charge in [0.2, 0.25) is 0 Å². The first-order chi connectivity index (χ1) is 7.51. The molecule has 3 rings (SSSR count). The minimum absolute atomic E-state index is 0.0212. The lowest BCUT2D eigenvalue weighted by atomic mass is 10.1. The Bertz CT molecular complexity index is 547. The number of nitrogens with one attached hydrogen (secondary N) is 1. The average Bonchev–Trinajstić information content (AvgIpc) is 2.96. The maximum absolute atomic E-state index is 12.2. The van der Waals surface area contributed by atoms with Gasteiger partial charge >= 0.3 is 0 Å². The number of benzene rings is 1. The maximum atomic E-state index is 12.2. The van der Waals surface area contributed by atoms with E-state index in [1.165, 1.54) is 0 Å². The third-order valence-electron chi connectivity index (χ3n) is 3.45. The Balaban J connectivity index is 2.15. The molecule has 0 unspecified atom stereocenters. The van der Waals surface area contributed by atoms with E-state index >= 15 is 0 Å². The highest BCUT2D eigenvalue weighted by Gasteiger charge is 2.48. The number of hydrogen-bond acceptors (Lipinski definition) is 4. The fourth-order valence-electron chi connectivity index (χ4n) is 2.25. The molecule has 1 spiro atoms. The van der Waals surface area contributed by atoms with Gasteiger partial charge in [-0.3, -0.25) is 0 Å². The number of anilines is 2. The summed E-state index contributed by atoms with van der Waals surface area (Å²) in [6, 6.07) is 5.04. The molecule has 1 aliphatic heterocycles. The van der Waals surface area contributed by atoms with Crippen molar-refractivity contribution >= 4 is 21.2 Å². The molecule has 1 saturated carbocycles. The predicted octanol–water partition coefficient (Wildman–Crippen LogP) is 1.25. The van der Waals surface area contributed by atoms with Gasteiger partial charge in [0.25, 0.3) is 0 Å². The summed E-state index contributed by atoms with van der Waals surface area (Å²) in [6.45, 7) is 0.753. The first-order valence-electron chi connectivity index (χ1n) is 5.37. The van der Waals surface area contributed by atoms with Crippen LogP contribution < -0.4 is 11.1 Å². The Kier molecular flexibility index (Phi) is 1.81. The molecule has 0 bridgehead atoms. The molecule has 86 valence electrons. The van der Waals surface area contributed by atoms with E-state index in [1.807, 2.05) is 0 Å². The molecular weight excluding hydrogens is 224 g/mol. The summed E-state index contributed by atoms with van der Waals surface area (Å²) >= 11 is 0. The molecule has 0 aromatic heterocycles. The van der Waals surface area contributed by atoms with Crippen LogP contribution in [0.1, 0.15) is 12.8 Å². The van der Waals surface area contributed by atoms with Gasteiger partial charge in [0.1, 0.15) is 0 Å². The van der Waals surface area contributed by atoms with Crippen LogP contribution >= 0.6 is 0 Å². The zero-order valence-corrected chi connectivity index (χ0v) is 9.68. The summed E-state index contributed by atoms with van der Waals surface area (Å²) in [4.78, 5) is 0.358. The normalized spacial score (nSPS) is 24.2. The second-order valence-corrected chi connectivity index (χ2v) is 6.83. The molecule has 1 aromatic rings. The number of nitrogen functional groups attached to an aromatic ring is 1. The molecule has 1 aliphatic carbocycles. The van der Waals surface area contributed by atoms with Crippen LogP contribution in [0.3, 0.4) is 0 Å². The molecule has 1 heterocycles. The van der Waals surface area contributed by atoms with Crippen molar-refractivity contribution < 1.29 is 8.42 Å². The van der Waals surface area contributed by atoms with Crippen molar-refractivity contribution in [2.24, 2.45) is 5.41 Å². The SMILES string of the molecule is Nc1ccc2c(c1)S(=O)(=O)CC1(CC1)CN2. The van der Waals surface area contributed by atoms with E-state index in [2.05, 4.69) is 5.32 Å².